The Balaban J connectivity index is 2.11. The van der Waals surface area contributed by atoms with Gasteiger partial charge in [-0.2, -0.15) is 0 Å². The topological polar surface area (TPSA) is 72.5 Å². The van der Waals surface area contributed by atoms with Gasteiger partial charge in [0.05, 0.1) is 12.3 Å². The molecule has 28 heavy (non-hydrogen) atoms. The molecule has 0 saturated carbocycles. The molecule has 4 nitrogen and oxygen atoms in total. The Morgan fingerprint density at radius 3 is 2.46 bits per heavy atom. The Kier molecular flexibility index (Phi) is 7.64. The third-order valence-electron chi connectivity index (χ3n) is 4.27. The van der Waals surface area contributed by atoms with Crippen molar-refractivity contribution in [2.75, 3.05) is 6.61 Å². The van der Waals surface area contributed by atoms with Crippen LogP contribution in [0.2, 0.25) is 0 Å². The van der Waals surface area contributed by atoms with Crippen LogP contribution in [-0.2, 0) is 11.2 Å². The third kappa shape index (κ3) is 5.88. The number of ketones is 1. The van der Waals surface area contributed by atoms with Crippen LogP contribution in [0.5, 0.6) is 5.75 Å². The van der Waals surface area contributed by atoms with Gasteiger partial charge < -0.3 is 15.6 Å². The summed E-state index contributed by atoms with van der Waals surface area (Å²) in [5.41, 5.74) is 9.70. The zero-order valence-electron chi connectivity index (χ0n) is 16.4. The molecule has 0 saturated heterocycles. The summed E-state index contributed by atoms with van der Waals surface area (Å²) in [4.78, 5) is 11.4. The fourth-order valence-electron chi connectivity index (χ4n) is 2.69. The molecule has 0 aliphatic carbocycles. The highest BCUT2D eigenvalue weighted by atomic mass is 16.5. The number of carbonyl (C=O) groups is 1. The predicted octanol–water partition coefficient (Wildman–Crippen LogP) is 5.00. The van der Waals surface area contributed by atoms with Crippen molar-refractivity contribution in [2.45, 2.75) is 26.7 Å². The van der Waals surface area contributed by atoms with Crippen molar-refractivity contribution in [1.29, 1.82) is 0 Å². The monoisotopic (exact) mass is 377 g/mol. The molecule has 0 aromatic heterocycles. The maximum atomic E-state index is 11.4. The summed E-state index contributed by atoms with van der Waals surface area (Å²) in [6.07, 6.45) is 5.08. The van der Waals surface area contributed by atoms with E-state index in [0.717, 1.165) is 12.0 Å². The van der Waals surface area contributed by atoms with Crippen LogP contribution in [0.3, 0.4) is 0 Å². The highest BCUT2D eigenvalue weighted by Crippen LogP contribution is 2.26. The molecule has 0 aliphatic heterocycles. The summed E-state index contributed by atoms with van der Waals surface area (Å²) in [5.74, 6) is 0.732. The van der Waals surface area contributed by atoms with Gasteiger partial charge >= 0.3 is 0 Å². The number of allylic oxidation sites excluding steroid dienone is 3. The Hall–Kier alpha value is -3.27. The molecule has 0 unspecified atom stereocenters. The maximum Gasteiger partial charge on any atom is 0.159 e. The molecule has 0 atom stereocenters. The minimum Gasteiger partial charge on any atom is -0.507 e. The molecule has 0 heterocycles. The minimum atomic E-state index is 0.0492. The number of aromatic hydroxyl groups is 1. The lowest BCUT2D eigenvalue weighted by Gasteiger charge is -2.13. The van der Waals surface area contributed by atoms with E-state index in [0.29, 0.717) is 41.2 Å². The van der Waals surface area contributed by atoms with Crippen LogP contribution in [0.4, 0.5) is 0 Å². The van der Waals surface area contributed by atoms with Crippen molar-refractivity contribution in [3.05, 3.63) is 95.4 Å². The summed E-state index contributed by atoms with van der Waals surface area (Å²) in [6, 6.07) is 14.5. The number of hydrogen-bond acceptors (Lipinski definition) is 4. The molecule has 0 radical (unpaired) electrons. The highest BCUT2D eigenvalue weighted by molar-refractivity contribution is 5.94. The number of hydrogen-bond donors (Lipinski definition) is 2. The van der Waals surface area contributed by atoms with Gasteiger partial charge in [0.25, 0.3) is 0 Å². The van der Waals surface area contributed by atoms with Crippen molar-refractivity contribution in [2.24, 2.45) is 5.73 Å². The van der Waals surface area contributed by atoms with Gasteiger partial charge in [0, 0.05) is 17.5 Å². The first-order chi connectivity index (χ1) is 13.4. The van der Waals surface area contributed by atoms with E-state index in [1.165, 1.54) is 0 Å². The third-order valence-corrected chi connectivity index (χ3v) is 4.27. The van der Waals surface area contributed by atoms with Crippen LogP contribution in [-0.4, -0.2) is 17.5 Å². The Morgan fingerprint density at radius 1 is 1.18 bits per heavy atom. The average Bonchev–Trinajstić information content (AvgIpc) is 2.68. The van der Waals surface area contributed by atoms with E-state index in [9.17, 15) is 9.90 Å². The second-order valence-corrected chi connectivity index (χ2v) is 6.47. The molecular formula is C24H27NO3. The molecule has 0 fully saturated rings. The van der Waals surface area contributed by atoms with E-state index in [-0.39, 0.29) is 11.5 Å². The van der Waals surface area contributed by atoms with Gasteiger partial charge in [0.1, 0.15) is 11.5 Å². The van der Waals surface area contributed by atoms with Crippen LogP contribution < -0.4 is 5.73 Å². The molecule has 2 rings (SSSR count). The number of nitrogens with two attached hydrogens (primary N) is 1. The second kappa shape index (κ2) is 10.2. The number of Topliss-reactive ketones (excluding diaryl/α,β-unsaturated/α-hetero) is 1. The number of para-hydroxylation sites is 1. The van der Waals surface area contributed by atoms with Gasteiger partial charge in [0.15, 0.2) is 5.78 Å². The molecule has 3 N–H and O–H groups in total. The number of ether oxygens (including phenoxy) is 1. The van der Waals surface area contributed by atoms with Gasteiger partial charge in [0.2, 0.25) is 0 Å². The van der Waals surface area contributed by atoms with Gasteiger partial charge in [-0.15, -0.1) is 0 Å². The van der Waals surface area contributed by atoms with Gasteiger partial charge in [-0.3, -0.25) is 4.79 Å². The van der Waals surface area contributed by atoms with Crippen LogP contribution in [0.1, 0.15) is 41.8 Å². The number of rotatable bonds is 9. The van der Waals surface area contributed by atoms with E-state index in [1.54, 1.807) is 31.2 Å². The van der Waals surface area contributed by atoms with Crippen LogP contribution in [0, 0.1) is 0 Å². The standard InChI is InChI=1S/C24H27NO3/c1-4-7-22(25)24(16-17(2)21-8-5-6-9-23(21)27)28-15-14-19-10-12-20(13-11-19)18(3)26/h5-13,16,27H,2,4,14-15,25H2,1,3H3/b22-7-,24-16+. The van der Waals surface area contributed by atoms with Crippen molar-refractivity contribution < 1.29 is 14.6 Å². The van der Waals surface area contributed by atoms with E-state index < -0.39 is 0 Å². The molecule has 2 aromatic rings. The van der Waals surface area contributed by atoms with Crippen molar-refractivity contribution in [3.8, 4) is 5.75 Å². The number of phenols is 1. The summed E-state index contributed by atoms with van der Waals surface area (Å²) in [5, 5.41) is 10.0. The average molecular weight is 377 g/mol. The van der Waals surface area contributed by atoms with E-state index in [2.05, 4.69) is 6.58 Å². The molecule has 4 heteroatoms. The second-order valence-electron chi connectivity index (χ2n) is 6.47. The Morgan fingerprint density at radius 2 is 1.86 bits per heavy atom. The zero-order chi connectivity index (χ0) is 20.5. The fourth-order valence-corrected chi connectivity index (χ4v) is 2.69. The quantitative estimate of drug-likeness (QED) is 0.366. The fraction of sp³-hybridized carbons (Fsp3) is 0.208. The summed E-state index contributed by atoms with van der Waals surface area (Å²) < 4.78 is 5.93. The molecule has 2 aromatic carbocycles. The van der Waals surface area contributed by atoms with Crippen molar-refractivity contribution in [1.82, 2.24) is 0 Å². The normalized spacial score (nSPS) is 11.9. The number of carbonyl (C=O) groups excluding carboxylic acids is 1. The largest absolute Gasteiger partial charge is 0.507 e. The molecule has 0 aliphatic rings. The molecular weight excluding hydrogens is 350 g/mol. The first kappa shape index (κ1) is 21.0. The summed E-state index contributed by atoms with van der Waals surface area (Å²) >= 11 is 0. The molecule has 0 amide bonds. The van der Waals surface area contributed by atoms with E-state index in [1.807, 2.05) is 43.3 Å². The first-order valence-electron chi connectivity index (χ1n) is 9.30. The van der Waals surface area contributed by atoms with Crippen LogP contribution in [0.15, 0.2) is 78.7 Å². The summed E-state index contributed by atoms with van der Waals surface area (Å²) in [7, 11) is 0. The smallest absolute Gasteiger partial charge is 0.159 e. The van der Waals surface area contributed by atoms with E-state index in [4.69, 9.17) is 10.5 Å². The first-order valence-corrected chi connectivity index (χ1v) is 9.30. The van der Waals surface area contributed by atoms with Gasteiger partial charge in [-0.1, -0.05) is 62.0 Å². The highest BCUT2D eigenvalue weighted by Gasteiger charge is 2.08. The van der Waals surface area contributed by atoms with Crippen molar-refractivity contribution >= 4 is 11.4 Å². The van der Waals surface area contributed by atoms with Crippen molar-refractivity contribution in [3.63, 3.8) is 0 Å². The number of phenolic OH excluding ortho intramolecular Hbond substituents is 1. The van der Waals surface area contributed by atoms with Crippen LogP contribution in [0.25, 0.3) is 5.57 Å². The molecule has 0 spiro atoms. The lowest BCUT2D eigenvalue weighted by atomic mass is 10.0. The molecule has 146 valence electrons. The predicted molar refractivity (Wildman–Crippen MR) is 114 cm³/mol. The van der Waals surface area contributed by atoms with Gasteiger partial charge in [-0.25, -0.2) is 0 Å². The number of benzene rings is 2. The summed E-state index contributed by atoms with van der Waals surface area (Å²) in [6.45, 7) is 8.01. The minimum absolute atomic E-state index is 0.0492. The Bertz CT molecular complexity index is 892. The van der Waals surface area contributed by atoms with E-state index >= 15 is 0 Å². The Labute approximate surface area is 166 Å². The van der Waals surface area contributed by atoms with Crippen LogP contribution >= 0.6 is 0 Å². The zero-order valence-corrected chi connectivity index (χ0v) is 16.4. The lowest BCUT2D eigenvalue weighted by Crippen LogP contribution is -2.08. The molecule has 0 bridgehead atoms. The SMILES string of the molecule is C=C(/C=C(OCCc1ccc(C(C)=O)cc1)\C(N)=C\CC)c1ccccc1O. The maximum absolute atomic E-state index is 11.4. The lowest BCUT2D eigenvalue weighted by molar-refractivity contribution is 0.101. The van der Waals surface area contributed by atoms with Gasteiger partial charge in [-0.05, 0) is 36.6 Å².